The number of carboxylic acids is 1. The van der Waals surface area contributed by atoms with Gasteiger partial charge in [0.2, 0.25) is 11.8 Å². The molecule has 1 amide bonds. The zero-order chi connectivity index (χ0) is 14.6. The monoisotopic (exact) mass is 268 g/mol. The van der Waals surface area contributed by atoms with Gasteiger partial charge in [-0.1, -0.05) is 13.8 Å². The first-order valence-electron chi connectivity index (χ1n) is 6.24. The molecule has 0 aliphatic heterocycles. The summed E-state index contributed by atoms with van der Waals surface area (Å²) in [6, 6.07) is -0.871. The van der Waals surface area contributed by atoms with Gasteiger partial charge in [-0.25, -0.2) is 9.78 Å². The molecule has 0 saturated carbocycles. The molecule has 0 unspecified atom stereocenters. The van der Waals surface area contributed by atoms with E-state index in [9.17, 15) is 9.59 Å². The van der Waals surface area contributed by atoms with Crippen LogP contribution in [-0.4, -0.2) is 28.0 Å². The molecule has 1 aromatic rings. The van der Waals surface area contributed by atoms with Crippen molar-refractivity contribution in [1.29, 1.82) is 0 Å². The van der Waals surface area contributed by atoms with Gasteiger partial charge in [0, 0.05) is 0 Å². The number of aromatic nitrogens is 1. The predicted octanol–water partition coefficient (Wildman–Crippen LogP) is 1.45. The lowest BCUT2D eigenvalue weighted by atomic mass is 10.0. The van der Waals surface area contributed by atoms with E-state index in [0.29, 0.717) is 18.1 Å². The summed E-state index contributed by atoms with van der Waals surface area (Å²) in [5, 5.41) is 11.5. The molecule has 106 valence electrons. The van der Waals surface area contributed by atoms with Gasteiger partial charge in [-0.15, -0.1) is 0 Å². The van der Waals surface area contributed by atoms with Gasteiger partial charge in [0.1, 0.15) is 18.2 Å². The minimum Gasteiger partial charge on any atom is -0.480 e. The van der Waals surface area contributed by atoms with E-state index < -0.39 is 17.9 Å². The van der Waals surface area contributed by atoms with Crippen LogP contribution in [0.5, 0.6) is 0 Å². The number of aliphatic carboxylic acids is 1. The van der Waals surface area contributed by atoms with E-state index >= 15 is 0 Å². The van der Waals surface area contributed by atoms with Crippen LogP contribution in [0.3, 0.4) is 0 Å². The molecule has 0 spiro atoms. The van der Waals surface area contributed by atoms with Gasteiger partial charge in [-0.3, -0.25) is 4.79 Å². The number of carbonyl (C=O) groups excluding carboxylic acids is 1. The second-order valence-corrected chi connectivity index (χ2v) is 5.01. The van der Waals surface area contributed by atoms with E-state index in [1.807, 2.05) is 13.8 Å². The molecule has 1 heterocycles. The number of nitrogens with one attached hydrogen (secondary N) is 1. The van der Waals surface area contributed by atoms with Gasteiger partial charge < -0.3 is 14.8 Å². The number of carboxylic acid groups (broad SMARTS) is 1. The number of rotatable bonds is 6. The van der Waals surface area contributed by atoms with Crippen molar-refractivity contribution in [3.05, 3.63) is 17.3 Å². The molecule has 1 aromatic heterocycles. The Hall–Kier alpha value is -1.85. The fourth-order valence-corrected chi connectivity index (χ4v) is 1.69. The first-order chi connectivity index (χ1) is 8.79. The number of carbonyl (C=O) groups is 2. The van der Waals surface area contributed by atoms with Crippen LogP contribution in [-0.2, 0) is 16.0 Å². The summed E-state index contributed by atoms with van der Waals surface area (Å²) >= 11 is 0. The zero-order valence-electron chi connectivity index (χ0n) is 11.7. The first-order valence-corrected chi connectivity index (χ1v) is 6.24. The van der Waals surface area contributed by atoms with E-state index in [1.54, 1.807) is 13.8 Å². The van der Waals surface area contributed by atoms with Crippen LogP contribution in [0.25, 0.3) is 0 Å². The van der Waals surface area contributed by atoms with Crippen LogP contribution in [0.1, 0.15) is 37.6 Å². The summed E-state index contributed by atoms with van der Waals surface area (Å²) in [5.74, 6) is -0.260. The van der Waals surface area contributed by atoms with Crippen LogP contribution < -0.4 is 5.32 Å². The lowest BCUT2D eigenvalue weighted by molar-refractivity contribution is -0.142. The van der Waals surface area contributed by atoms with Crippen molar-refractivity contribution in [1.82, 2.24) is 10.3 Å². The number of oxazole rings is 1. The van der Waals surface area contributed by atoms with Gasteiger partial charge in [-0.2, -0.15) is 0 Å². The number of nitrogens with zero attached hydrogens (tertiary/aromatic N) is 1. The summed E-state index contributed by atoms with van der Waals surface area (Å²) in [4.78, 5) is 26.9. The minimum absolute atomic E-state index is 0.0451. The molecule has 0 radical (unpaired) electrons. The highest BCUT2D eigenvalue weighted by molar-refractivity contribution is 5.84. The standard InChI is InChI=1S/C13H20N2O4/c1-7(2)5-10(13(17)18)15-11(16)6-12-14-8(3)9(4)19-12/h7,10H,5-6H2,1-4H3,(H,15,16)(H,17,18)/t10-/m1/s1. The SMILES string of the molecule is Cc1nc(CC(=O)N[C@H](CC(C)C)C(=O)O)oc1C. The molecule has 2 N–H and O–H groups in total. The van der Waals surface area contributed by atoms with E-state index in [1.165, 1.54) is 0 Å². The maximum Gasteiger partial charge on any atom is 0.326 e. The highest BCUT2D eigenvalue weighted by Gasteiger charge is 2.22. The number of amides is 1. The molecule has 0 aliphatic rings. The fourth-order valence-electron chi connectivity index (χ4n) is 1.69. The third-order valence-corrected chi connectivity index (χ3v) is 2.73. The number of aryl methyl sites for hydroxylation is 2. The van der Waals surface area contributed by atoms with Gasteiger partial charge in [0.15, 0.2) is 0 Å². The maximum atomic E-state index is 11.8. The fraction of sp³-hybridized carbons (Fsp3) is 0.615. The minimum atomic E-state index is -1.03. The Balaban J connectivity index is 2.60. The summed E-state index contributed by atoms with van der Waals surface area (Å²) < 4.78 is 5.29. The van der Waals surface area contributed by atoms with Crippen molar-refractivity contribution in [3.63, 3.8) is 0 Å². The van der Waals surface area contributed by atoms with Crippen molar-refractivity contribution in [2.24, 2.45) is 5.92 Å². The molecule has 1 rings (SSSR count). The third kappa shape index (κ3) is 4.73. The molecule has 0 aliphatic carbocycles. The van der Waals surface area contributed by atoms with Gasteiger partial charge in [-0.05, 0) is 26.2 Å². The van der Waals surface area contributed by atoms with Crippen LogP contribution in [0.15, 0.2) is 4.42 Å². The molecular weight excluding hydrogens is 248 g/mol. The number of hydrogen-bond donors (Lipinski definition) is 2. The number of hydrogen-bond acceptors (Lipinski definition) is 4. The largest absolute Gasteiger partial charge is 0.480 e. The first kappa shape index (κ1) is 15.2. The average Bonchev–Trinajstić information content (AvgIpc) is 2.55. The summed E-state index contributed by atoms with van der Waals surface area (Å²) in [6.07, 6.45) is 0.348. The topological polar surface area (TPSA) is 92.4 Å². The Morgan fingerprint density at radius 1 is 1.37 bits per heavy atom. The zero-order valence-corrected chi connectivity index (χ0v) is 11.7. The average molecular weight is 268 g/mol. The molecular formula is C13H20N2O4. The smallest absolute Gasteiger partial charge is 0.326 e. The van der Waals surface area contributed by atoms with Crippen molar-refractivity contribution in [2.45, 2.75) is 46.6 Å². The van der Waals surface area contributed by atoms with Crippen molar-refractivity contribution >= 4 is 11.9 Å². The van der Waals surface area contributed by atoms with Gasteiger partial charge >= 0.3 is 5.97 Å². The van der Waals surface area contributed by atoms with E-state index in [4.69, 9.17) is 9.52 Å². The lowest BCUT2D eigenvalue weighted by Gasteiger charge is -2.15. The molecule has 19 heavy (non-hydrogen) atoms. The summed E-state index contributed by atoms with van der Waals surface area (Å²) in [6.45, 7) is 7.37. The Morgan fingerprint density at radius 3 is 2.42 bits per heavy atom. The normalized spacial score (nSPS) is 12.5. The predicted molar refractivity (Wildman–Crippen MR) is 68.7 cm³/mol. The molecule has 6 nitrogen and oxygen atoms in total. The Morgan fingerprint density at radius 2 is 2.00 bits per heavy atom. The molecule has 0 aromatic carbocycles. The van der Waals surface area contributed by atoms with E-state index in [-0.39, 0.29) is 12.3 Å². The molecule has 1 atom stereocenters. The van der Waals surface area contributed by atoms with Gasteiger partial charge in [0.25, 0.3) is 0 Å². The Labute approximate surface area is 112 Å². The highest BCUT2D eigenvalue weighted by atomic mass is 16.4. The van der Waals surface area contributed by atoms with Crippen molar-refractivity contribution in [3.8, 4) is 0 Å². The van der Waals surface area contributed by atoms with E-state index in [0.717, 1.165) is 5.69 Å². The molecule has 6 heteroatoms. The third-order valence-electron chi connectivity index (χ3n) is 2.73. The Bertz CT molecular complexity index is 446. The molecule has 0 bridgehead atoms. The molecule has 0 fully saturated rings. The summed E-state index contributed by atoms with van der Waals surface area (Å²) in [5.41, 5.74) is 0.736. The van der Waals surface area contributed by atoms with Crippen LogP contribution >= 0.6 is 0 Å². The van der Waals surface area contributed by atoms with Crippen molar-refractivity contribution in [2.75, 3.05) is 0 Å². The second kappa shape index (κ2) is 6.36. The van der Waals surface area contributed by atoms with Crippen LogP contribution in [0, 0.1) is 19.8 Å². The van der Waals surface area contributed by atoms with Crippen LogP contribution in [0.2, 0.25) is 0 Å². The maximum absolute atomic E-state index is 11.8. The summed E-state index contributed by atoms with van der Waals surface area (Å²) in [7, 11) is 0. The molecule has 0 saturated heterocycles. The lowest BCUT2D eigenvalue weighted by Crippen LogP contribution is -2.42. The Kier molecular flexibility index (Phi) is 5.09. The van der Waals surface area contributed by atoms with E-state index in [2.05, 4.69) is 10.3 Å². The van der Waals surface area contributed by atoms with Crippen LogP contribution in [0.4, 0.5) is 0 Å². The quantitative estimate of drug-likeness (QED) is 0.814. The van der Waals surface area contributed by atoms with Crippen molar-refractivity contribution < 1.29 is 19.1 Å². The highest BCUT2D eigenvalue weighted by Crippen LogP contribution is 2.09. The van der Waals surface area contributed by atoms with Gasteiger partial charge in [0.05, 0.1) is 5.69 Å². The second-order valence-electron chi connectivity index (χ2n) is 5.01.